The molecule has 0 radical (unpaired) electrons. The first kappa shape index (κ1) is 10.4. The molecule has 0 spiro atoms. The molecular weight excluding hydrogens is 232 g/mol. The Labute approximate surface area is 102 Å². The van der Waals surface area contributed by atoms with Gasteiger partial charge in [0.25, 0.3) is 0 Å². The van der Waals surface area contributed by atoms with E-state index in [9.17, 15) is 4.79 Å². The third-order valence-electron chi connectivity index (χ3n) is 2.38. The molecule has 3 rings (SSSR count). The largest absolute Gasteiger partial charge is 0.434 e. The number of oxazole rings is 1. The lowest BCUT2D eigenvalue weighted by Crippen LogP contribution is -1.96. The quantitative estimate of drug-likeness (QED) is 0.706. The van der Waals surface area contributed by atoms with Gasteiger partial charge in [-0.25, -0.2) is 9.97 Å². The number of fused-ring (bicyclic) bond motifs is 1. The molecule has 0 bridgehead atoms. The number of nitrogens with zero attached hydrogens (tertiary/aromatic N) is 3. The maximum absolute atomic E-state index is 10.4. The molecule has 1 amide bonds. The normalized spacial score (nSPS) is 10.4. The fourth-order valence-corrected chi connectivity index (χ4v) is 1.60. The first-order valence-corrected chi connectivity index (χ1v) is 5.25. The van der Waals surface area contributed by atoms with Crippen LogP contribution < -0.4 is 5.32 Å². The summed E-state index contributed by atoms with van der Waals surface area (Å²) in [6, 6.07) is 7.01. The van der Waals surface area contributed by atoms with Crippen LogP contribution in [0.25, 0.3) is 22.7 Å². The van der Waals surface area contributed by atoms with Crippen LogP contribution in [0.4, 0.5) is 5.82 Å². The molecule has 0 atom stereocenters. The van der Waals surface area contributed by atoms with Gasteiger partial charge in [-0.3, -0.25) is 4.79 Å². The average Bonchev–Trinajstić information content (AvgIpc) is 2.83. The average molecular weight is 240 g/mol. The summed E-state index contributed by atoms with van der Waals surface area (Å²) in [5.41, 5.74) is 1.90. The van der Waals surface area contributed by atoms with E-state index in [-0.39, 0.29) is 0 Å². The number of hydrogen-bond donors (Lipinski definition) is 1. The minimum absolute atomic E-state index is 0.442. The van der Waals surface area contributed by atoms with Gasteiger partial charge in [0.2, 0.25) is 12.3 Å². The monoisotopic (exact) mass is 240 g/mol. The highest BCUT2D eigenvalue weighted by atomic mass is 16.3. The van der Waals surface area contributed by atoms with Crippen LogP contribution >= 0.6 is 0 Å². The van der Waals surface area contributed by atoms with Crippen molar-refractivity contribution >= 4 is 23.5 Å². The molecule has 0 saturated heterocycles. The summed E-state index contributed by atoms with van der Waals surface area (Å²) in [4.78, 5) is 22.7. The van der Waals surface area contributed by atoms with Crippen LogP contribution in [-0.4, -0.2) is 21.4 Å². The summed E-state index contributed by atoms with van der Waals surface area (Å²) in [7, 11) is 0. The van der Waals surface area contributed by atoms with Crippen molar-refractivity contribution in [2.45, 2.75) is 0 Å². The molecule has 3 aromatic rings. The number of rotatable bonds is 3. The Morgan fingerprint density at radius 3 is 3.00 bits per heavy atom. The van der Waals surface area contributed by atoms with Crippen LogP contribution in [0.3, 0.4) is 0 Å². The van der Waals surface area contributed by atoms with E-state index in [1.54, 1.807) is 36.7 Å². The molecule has 0 saturated carbocycles. The van der Waals surface area contributed by atoms with E-state index in [4.69, 9.17) is 4.42 Å². The van der Waals surface area contributed by atoms with Gasteiger partial charge in [0.15, 0.2) is 11.2 Å². The molecule has 0 unspecified atom stereocenters. The molecule has 6 nitrogen and oxygen atoms in total. The first-order chi connectivity index (χ1) is 8.86. The van der Waals surface area contributed by atoms with Crippen molar-refractivity contribution in [3.63, 3.8) is 0 Å². The Morgan fingerprint density at radius 2 is 2.17 bits per heavy atom. The van der Waals surface area contributed by atoms with Crippen LogP contribution in [0.15, 0.2) is 41.1 Å². The molecule has 0 aromatic carbocycles. The van der Waals surface area contributed by atoms with Gasteiger partial charge in [-0.2, -0.15) is 4.98 Å². The summed E-state index contributed by atoms with van der Waals surface area (Å²) in [5.74, 6) is 0.887. The Hall–Kier alpha value is -2.76. The number of anilines is 1. The summed E-state index contributed by atoms with van der Waals surface area (Å²) in [6.45, 7) is 0. The SMILES string of the molecule is O=CNc1cc(-c2nc3ncccc3o2)ccn1. The number of aromatic nitrogens is 3. The van der Waals surface area contributed by atoms with E-state index in [2.05, 4.69) is 20.3 Å². The number of pyridine rings is 2. The fraction of sp³-hybridized carbons (Fsp3) is 0. The van der Waals surface area contributed by atoms with Crippen molar-refractivity contribution in [1.29, 1.82) is 0 Å². The van der Waals surface area contributed by atoms with Gasteiger partial charge in [0, 0.05) is 18.0 Å². The van der Waals surface area contributed by atoms with Gasteiger partial charge >= 0.3 is 0 Å². The second kappa shape index (κ2) is 4.25. The summed E-state index contributed by atoms with van der Waals surface area (Å²) in [6.07, 6.45) is 3.80. The van der Waals surface area contributed by atoms with E-state index in [0.717, 1.165) is 5.56 Å². The molecule has 0 aliphatic heterocycles. The van der Waals surface area contributed by atoms with Gasteiger partial charge in [-0.05, 0) is 24.3 Å². The zero-order valence-electron chi connectivity index (χ0n) is 9.20. The second-order valence-corrected chi connectivity index (χ2v) is 3.54. The third kappa shape index (κ3) is 1.80. The van der Waals surface area contributed by atoms with Gasteiger partial charge < -0.3 is 9.73 Å². The van der Waals surface area contributed by atoms with Gasteiger partial charge in [-0.15, -0.1) is 0 Å². The minimum Gasteiger partial charge on any atom is -0.434 e. The molecule has 0 fully saturated rings. The van der Waals surface area contributed by atoms with Crippen molar-refractivity contribution in [2.75, 3.05) is 5.32 Å². The van der Waals surface area contributed by atoms with E-state index in [0.29, 0.717) is 29.3 Å². The third-order valence-corrected chi connectivity index (χ3v) is 2.38. The van der Waals surface area contributed by atoms with Crippen LogP contribution in [0.1, 0.15) is 0 Å². The second-order valence-electron chi connectivity index (χ2n) is 3.54. The smallest absolute Gasteiger partial charge is 0.229 e. The van der Waals surface area contributed by atoms with Crippen molar-refractivity contribution in [1.82, 2.24) is 15.0 Å². The standard InChI is InChI=1S/C12H8N4O2/c17-7-15-10-6-8(3-5-13-10)12-16-11-9(18-12)2-1-4-14-11/h1-7H,(H,13,15,17). The fourth-order valence-electron chi connectivity index (χ4n) is 1.60. The number of nitrogens with one attached hydrogen (secondary N) is 1. The number of carbonyl (C=O) groups excluding carboxylic acids is 1. The van der Waals surface area contributed by atoms with E-state index < -0.39 is 0 Å². The Morgan fingerprint density at radius 1 is 1.22 bits per heavy atom. The molecule has 6 heteroatoms. The molecule has 1 N–H and O–H groups in total. The predicted octanol–water partition coefficient (Wildman–Crippen LogP) is 1.85. The van der Waals surface area contributed by atoms with Gasteiger partial charge in [-0.1, -0.05) is 0 Å². The minimum atomic E-state index is 0.442. The lowest BCUT2D eigenvalue weighted by molar-refractivity contribution is -0.105. The maximum Gasteiger partial charge on any atom is 0.229 e. The van der Waals surface area contributed by atoms with Gasteiger partial charge in [0.1, 0.15) is 5.82 Å². The number of hydrogen-bond acceptors (Lipinski definition) is 5. The molecule has 18 heavy (non-hydrogen) atoms. The highest BCUT2D eigenvalue weighted by Crippen LogP contribution is 2.23. The topological polar surface area (TPSA) is 80.9 Å². The van der Waals surface area contributed by atoms with Crippen molar-refractivity contribution in [3.05, 3.63) is 36.7 Å². The van der Waals surface area contributed by atoms with Crippen LogP contribution in [0.2, 0.25) is 0 Å². The van der Waals surface area contributed by atoms with Crippen molar-refractivity contribution < 1.29 is 9.21 Å². The zero-order valence-corrected chi connectivity index (χ0v) is 9.20. The number of carbonyl (C=O) groups is 1. The van der Waals surface area contributed by atoms with Crippen LogP contribution in [-0.2, 0) is 4.79 Å². The summed E-state index contributed by atoms with van der Waals surface area (Å²) < 4.78 is 5.57. The van der Waals surface area contributed by atoms with E-state index in [1.807, 2.05) is 0 Å². The predicted molar refractivity (Wildman–Crippen MR) is 64.7 cm³/mol. The van der Waals surface area contributed by atoms with Crippen molar-refractivity contribution in [3.8, 4) is 11.5 Å². The summed E-state index contributed by atoms with van der Waals surface area (Å²) in [5, 5.41) is 2.47. The highest BCUT2D eigenvalue weighted by Gasteiger charge is 2.09. The molecule has 3 aromatic heterocycles. The highest BCUT2D eigenvalue weighted by molar-refractivity contribution is 5.74. The maximum atomic E-state index is 10.4. The lowest BCUT2D eigenvalue weighted by atomic mass is 10.2. The van der Waals surface area contributed by atoms with E-state index in [1.165, 1.54) is 0 Å². The zero-order chi connectivity index (χ0) is 12.4. The Kier molecular flexibility index (Phi) is 2.45. The molecular formula is C12H8N4O2. The van der Waals surface area contributed by atoms with Crippen LogP contribution in [0.5, 0.6) is 0 Å². The molecule has 0 aliphatic carbocycles. The molecule has 3 heterocycles. The summed E-state index contributed by atoms with van der Waals surface area (Å²) >= 11 is 0. The van der Waals surface area contributed by atoms with Gasteiger partial charge in [0.05, 0.1) is 0 Å². The Balaban J connectivity index is 2.08. The first-order valence-electron chi connectivity index (χ1n) is 5.25. The number of amides is 1. The van der Waals surface area contributed by atoms with E-state index >= 15 is 0 Å². The molecule has 88 valence electrons. The lowest BCUT2D eigenvalue weighted by Gasteiger charge is -1.98. The van der Waals surface area contributed by atoms with Crippen molar-refractivity contribution in [2.24, 2.45) is 0 Å². The molecule has 0 aliphatic rings. The Bertz CT molecular complexity index is 675. The van der Waals surface area contributed by atoms with Crippen LogP contribution in [0, 0.1) is 0 Å².